The van der Waals surface area contributed by atoms with Gasteiger partial charge in [0.05, 0.1) is 12.0 Å². The lowest BCUT2D eigenvalue weighted by Crippen LogP contribution is -1.96. The molecule has 0 aliphatic rings. The number of rotatable bonds is 5. The van der Waals surface area contributed by atoms with E-state index >= 15 is 0 Å². The molecule has 0 aromatic heterocycles. The molecule has 2 N–H and O–H groups in total. The smallest absolute Gasteiger partial charge is 0.175 e. The minimum absolute atomic E-state index is 0.327. The summed E-state index contributed by atoms with van der Waals surface area (Å²) >= 11 is 1.60. The van der Waals surface area contributed by atoms with Crippen LogP contribution in [-0.4, -0.2) is 21.8 Å². The van der Waals surface area contributed by atoms with Crippen LogP contribution in [0.2, 0.25) is 0 Å². The molecule has 0 spiro atoms. The number of anilines is 1. The van der Waals surface area contributed by atoms with Gasteiger partial charge in [-0.1, -0.05) is 0 Å². The molecule has 0 unspecified atom stereocenters. The highest BCUT2D eigenvalue weighted by atomic mass is 32.2. The van der Waals surface area contributed by atoms with Crippen LogP contribution >= 0.6 is 11.8 Å². The number of hydrogen-bond acceptors (Lipinski definition) is 5. The Bertz CT molecular complexity index is 725. The maximum absolute atomic E-state index is 11.4. The predicted molar refractivity (Wildman–Crippen MR) is 86.5 cm³/mol. The number of hydrogen-bond donors (Lipinski definition) is 1. The highest BCUT2D eigenvalue weighted by Gasteiger charge is 2.08. The Morgan fingerprint density at radius 1 is 1.14 bits per heavy atom. The number of thioether (sulfide) groups is 1. The van der Waals surface area contributed by atoms with Crippen LogP contribution in [0.4, 0.5) is 5.69 Å². The van der Waals surface area contributed by atoms with Gasteiger partial charge < -0.3 is 10.5 Å². The molecule has 21 heavy (non-hydrogen) atoms. The third kappa shape index (κ3) is 4.15. The van der Waals surface area contributed by atoms with Gasteiger partial charge in [-0.3, -0.25) is 0 Å². The van der Waals surface area contributed by atoms with Gasteiger partial charge in [0.15, 0.2) is 9.84 Å². The van der Waals surface area contributed by atoms with Crippen LogP contribution in [0.15, 0.2) is 52.3 Å². The summed E-state index contributed by atoms with van der Waals surface area (Å²) in [5.41, 5.74) is 7.49. The van der Waals surface area contributed by atoms with Crippen molar-refractivity contribution in [2.75, 3.05) is 19.1 Å². The molecule has 2 aromatic carbocycles. The summed E-state index contributed by atoms with van der Waals surface area (Å²) in [6, 6.07) is 12.4. The quantitative estimate of drug-likeness (QED) is 0.677. The van der Waals surface area contributed by atoms with Crippen molar-refractivity contribution >= 4 is 27.3 Å². The van der Waals surface area contributed by atoms with Crippen molar-refractivity contribution in [1.29, 1.82) is 0 Å². The first-order chi connectivity index (χ1) is 9.90. The van der Waals surface area contributed by atoms with E-state index in [-0.39, 0.29) is 0 Å². The SMILES string of the molecule is COc1ccc(N)cc1CSc1ccc(S(C)(=O)=O)cc1. The number of sulfone groups is 1. The lowest BCUT2D eigenvalue weighted by Gasteiger charge is -2.09. The molecule has 0 aliphatic heterocycles. The largest absolute Gasteiger partial charge is 0.496 e. The summed E-state index contributed by atoms with van der Waals surface area (Å²) in [6.45, 7) is 0. The molecule has 0 saturated heterocycles. The standard InChI is InChI=1S/C15H17NO3S2/c1-19-15-8-3-12(16)9-11(15)10-20-13-4-6-14(7-5-13)21(2,17)18/h3-9H,10,16H2,1-2H3. The van der Waals surface area contributed by atoms with E-state index in [1.807, 2.05) is 12.1 Å². The molecule has 0 saturated carbocycles. The van der Waals surface area contributed by atoms with Crippen LogP contribution in [-0.2, 0) is 15.6 Å². The minimum Gasteiger partial charge on any atom is -0.496 e. The van der Waals surface area contributed by atoms with Crippen LogP contribution in [0.3, 0.4) is 0 Å². The van der Waals surface area contributed by atoms with E-state index < -0.39 is 9.84 Å². The van der Waals surface area contributed by atoms with Crippen LogP contribution in [0.5, 0.6) is 5.75 Å². The van der Waals surface area contributed by atoms with Crippen molar-refractivity contribution in [3.63, 3.8) is 0 Å². The van der Waals surface area contributed by atoms with Crippen molar-refractivity contribution in [2.24, 2.45) is 0 Å². The average molecular weight is 323 g/mol. The third-order valence-electron chi connectivity index (χ3n) is 2.95. The molecule has 2 rings (SSSR count). The summed E-state index contributed by atoms with van der Waals surface area (Å²) in [7, 11) is -1.52. The van der Waals surface area contributed by atoms with Crippen LogP contribution in [0.1, 0.15) is 5.56 Å². The van der Waals surface area contributed by atoms with Gasteiger partial charge in [-0.05, 0) is 42.5 Å². The van der Waals surface area contributed by atoms with E-state index in [4.69, 9.17) is 10.5 Å². The van der Waals surface area contributed by atoms with Crippen LogP contribution in [0, 0.1) is 0 Å². The predicted octanol–water partition coefficient (Wildman–Crippen LogP) is 2.97. The second-order valence-electron chi connectivity index (χ2n) is 4.60. The zero-order chi connectivity index (χ0) is 15.5. The average Bonchev–Trinajstić information content (AvgIpc) is 2.45. The molecular weight excluding hydrogens is 306 g/mol. The van der Waals surface area contributed by atoms with Crippen molar-refractivity contribution in [2.45, 2.75) is 15.5 Å². The molecule has 112 valence electrons. The maximum atomic E-state index is 11.4. The lowest BCUT2D eigenvalue weighted by atomic mass is 10.2. The molecule has 0 atom stereocenters. The Morgan fingerprint density at radius 3 is 2.38 bits per heavy atom. The highest BCUT2D eigenvalue weighted by molar-refractivity contribution is 7.98. The Labute approximate surface area is 129 Å². The Morgan fingerprint density at radius 2 is 1.81 bits per heavy atom. The van der Waals surface area contributed by atoms with Crippen molar-refractivity contribution in [1.82, 2.24) is 0 Å². The van der Waals surface area contributed by atoms with Crippen molar-refractivity contribution < 1.29 is 13.2 Å². The normalized spacial score (nSPS) is 11.3. The molecular formula is C15H17NO3S2. The summed E-state index contributed by atoms with van der Waals surface area (Å²) in [4.78, 5) is 1.32. The summed E-state index contributed by atoms with van der Waals surface area (Å²) < 4.78 is 28.1. The molecule has 4 nitrogen and oxygen atoms in total. The number of methoxy groups -OCH3 is 1. The Hall–Kier alpha value is -1.66. The lowest BCUT2D eigenvalue weighted by molar-refractivity contribution is 0.411. The second-order valence-corrected chi connectivity index (χ2v) is 7.67. The van der Waals surface area contributed by atoms with Gasteiger partial charge in [-0.2, -0.15) is 0 Å². The number of nitrogens with two attached hydrogens (primary N) is 1. The topological polar surface area (TPSA) is 69.4 Å². The van der Waals surface area contributed by atoms with Crippen molar-refractivity contribution in [3.05, 3.63) is 48.0 Å². The molecule has 0 heterocycles. The van der Waals surface area contributed by atoms with Gasteiger partial charge in [0, 0.05) is 28.2 Å². The van der Waals surface area contributed by atoms with E-state index in [0.29, 0.717) is 16.3 Å². The van der Waals surface area contributed by atoms with E-state index in [1.54, 1.807) is 49.2 Å². The first-order valence-corrected chi connectivity index (χ1v) is 9.13. The number of ether oxygens (including phenoxy) is 1. The summed E-state index contributed by atoms with van der Waals surface area (Å²) in [5, 5.41) is 0. The third-order valence-corrected chi connectivity index (χ3v) is 5.14. The minimum atomic E-state index is -3.15. The molecule has 0 aliphatic carbocycles. The summed E-state index contributed by atoms with van der Waals surface area (Å²) in [5.74, 6) is 1.50. The Balaban J connectivity index is 2.12. The van der Waals surface area contributed by atoms with E-state index in [9.17, 15) is 8.42 Å². The molecule has 2 aromatic rings. The molecule has 0 radical (unpaired) electrons. The molecule has 0 fully saturated rings. The zero-order valence-electron chi connectivity index (χ0n) is 11.9. The van der Waals surface area contributed by atoms with Crippen molar-refractivity contribution in [3.8, 4) is 5.75 Å². The van der Waals surface area contributed by atoms with Gasteiger partial charge in [0.25, 0.3) is 0 Å². The van der Waals surface area contributed by atoms with Gasteiger partial charge in [-0.15, -0.1) is 11.8 Å². The Kier molecular flexibility index (Phi) is 4.80. The van der Waals surface area contributed by atoms with Crippen LogP contribution < -0.4 is 10.5 Å². The first kappa shape index (κ1) is 15.7. The monoisotopic (exact) mass is 323 g/mol. The zero-order valence-corrected chi connectivity index (χ0v) is 13.5. The highest BCUT2D eigenvalue weighted by Crippen LogP contribution is 2.29. The van der Waals surface area contributed by atoms with E-state index in [1.165, 1.54) is 6.26 Å². The fraction of sp³-hybridized carbons (Fsp3) is 0.200. The summed E-state index contributed by atoms with van der Waals surface area (Å²) in [6.07, 6.45) is 1.20. The first-order valence-electron chi connectivity index (χ1n) is 6.25. The number of benzene rings is 2. The maximum Gasteiger partial charge on any atom is 0.175 e. The fourth-order valence-corrected chi connectivity index (χ4v) is 3.36. The number of nitrogen functional groups attached to an aromatic ring is 1. The second kappa shape index (κ2) is 6.41. The molecule has 6 heteroatoms. The fourth-order valence-electron chi connectivity index (χ4n) is 1.86. The molecule has 0 bridgehead atoms. The van der Waals surface area contributed by atoms with Gasteiger partial charge in [-0.25, -0.2) is 8.42 Å². The van der Waals surface area contributed by atoms with Gasteiger partial charge >= 0.3 is 0 Å². The van der Waals surface area contributed by atoms with E-state index in [0.717, 1.165) is 16.2 Å². The van der Waals surface area contributed by atoms with Gasteiger partial charge in [0.1, 0.15) is 5.75 Å². The van der Waals surface area contributed by atoms with Gasteiger partial charge in [0.2, 0.25) is 0 Å². The van der Waals surface area contributed by atoms with E-state index in [2.05, 4.69) is 0 Å². The van der Waals surface area contributed by atoms with Crippen LogP contribution in [0.25, 0.3) is 0 Å². The molecule has 0 amide bonds.